The second-order valence-corrected chi connectivity index (χ2v) is 5.92. The Kier molecular flexibility index (Phi) is 8.71. The first kappa shape index (κ1) is 21.0. The lowest BCUT2D eigenvalue weighted by Crippen LogP contribution is -2.53. The Morgan fingerprint density at radius 1 is 1.15 bits per heavy atom. The zero-order valence-corrected chi connectivity index (χ0v) is 15.2. The van der Waals surface area contributed by atoms with E-state index < -0.39 is 30.1 Å². The van der Waals surface area contributed by atoms with E-state index in [0.29, 0.717) is 0 Å². The summed E-state index contributed by atoms with van der Waals surface area (Å²) in [4.78, 5) is 36.1. The molecule has 1 rings (SSSR count). The van der Waals surface area contributed by atoms with Crippen molar-refractivity contribution in [1.29, 1.82) is 0 Å². The monoisotopic (exact) mass is 360 g/mol. The summed E-state index contributed by atoms with van der Waals surface area (Å²) in [5, 5.41) is 5.02. The van der Waals surface area contributed by atoms with Crippen LogP contribution in [-0.2, 0) is 25.7 Å². The minimum Gasteiger partial charge on any atom is -0.467 e. The van der Waals surface area contributed by atoms with E-state index in [1.807, 2.05) is 30.3 Å². The van der Waals surface area contributed by atoms with Crippen LogP contribution in [0.1, 0.15) is 25.8 Å². The fourth-order valence-electron chi connectivity index (χ4n) is 2.14. The maximum atomic E-state index is 12.4. The predicted octanol–water partition coefficient (Wildman–Crippen LogP) is 1.62. The van der Waals surface area contributed by atoms with Crippen molar-refractivity contribution in [3.63, 3.8) is 0 Å². The maximum Gasteiger partial charge on any atom is 0.408 e. The molecule has 140 valence electrons. The molecule has 0 aliphatic carbocycles. The molecule has 2 N–H and O–H groups in total. The Morgan fingerprint density at radius 2 is 1.81 bits per heavy atom. The Balaban J connectivity index is 2.66. The summed E-state index contributed by atoms with van der Waals surface area (Å²) < 4.78 is 9.74. The van der Waals surface area contributed by atoms with Crippen LogP contribution < -0.4 is 10.6 Å². The number of alkyl carbamates (subject to hydrolysis) is 1. The minimum absolute atomic E-state index is 0.0122. The lowest BCUT2D eigenvalue weighted by atomic mass is 10.0. The summed E-state index contributed by atoms with van der Waals surface area (Å²) in [6, 6.07) is 7.31. The zero-order chi connectivity index (χ0) is 19.5. The van der Waals surface area contributed by atoms with Gasteiger partial charge in [0, 0.05) is 6.42 Å². The van der Waals surface area contributed by atoms with Gasteiger partial charge in [0.05, 0.1) is 7.11 Å². The summed E-state index contributed by atoms with van der Waals surface area (Å²) in [7, 11) is 1.21. The van der Waals surface area contributed by atoms with Gasteiger partial charge in [0.25, 0.3) is 0 Å². The Morgan fingerprint density at radius 3 is 2.35 bits per heavy atom. The molecule has 0 aliphatic rings. The molecule has 1 aromatic carbocycles. The number of benzene rings is 1. The number of hydrogen-bond donors (Lipinski definition) is 2. The van der Waals surface area contributed by atoms with Gasteiger partial charge in [0.1, 0.15) is 18.7 Å². The highest BCUT2D eigenvalue weighted by Crippen LogP contribution is 2.06. The van der Waals surface area contributed by atoms with Crippen LogP contribution in [0.4, 0.5) is 4.79 Å². The van der Waals surface area contributed by atoms with E-state index in [9.17, 15) is 14.4 Å². The first-order valence-corrected chi connectivity index (χ1v) is 8.17. The van der Waals surface area contributed by atoms with Crippen molar-refractivity contribution in [2.24, 2.45) is 5.92 Å². The van der Waals surface area contributed by atoms with Crippen molar-refractivity contribution < 1.29 is 23.9 Å². The molecule has 0 bridgehead atoms. The Hall–Kier alpha value is -3.01. The molecule has 2 atom stereocenters. The van der Waals surface area contributed by atoms with Gasteiger partial charge in [0.15, 0.2) is 0 Å². The van der Waals surface area contributed by atoms with Crippen LogP contribution in [0.3, 0.4) is 0 Å². The van der Waals surface area contributed by atoms with E-state index in [2.05, 4.69) is 21.3 Å². The lowest BCUT2D eigenvalue weighted by Gasteiger charge is -2.23. The molecule has 1 aromatic rings. The maximum absolute atomic E-state index is 12.4. The van der Waals surface area contributed by atoms with Crippen LogP contribution >= 0.6 is 0 Å². The van der Waals surface area contributed by atoms with Crippen LogP contribution in [-0.4, -0.2) is 37.2 Å². The highest BCUT2D eigenvalue weighted by molar-refractivity contribution is 5.89. The van der Waals surface area contributed by atoms with Crippen molar-refractivity contribution in [1.82, 2.24) is 10.6 Å². The molecule has 7 nitrogen and oxygen atoms in total. The van der Waals surface area contributed by atoms with Crippen molar-refractivity contribution in [3.8, 4) is 12.3 Å². The number of terminal acetylenes is 1. The number of esters is 1. The number of carbonyl (C=O) groups is 3. The molecule has 0 unspecified atom stereocenters. The number of methoxy groups -OCH3 is 1. The first-order valence-electron chi connectivity index (χ1n) is 8.17. The summed E-state index contributed by atoms with van der Waals surface area (Å²) in [6.07, 6.45) is 4.47. The predicted molar refractivity (Wildman–Crippen MR) is 95.8 cm³/mol. The zero-order valence-electron chi connectivity index (χ0n) is 15.2. The SMILES string of the molecule is C#CC[C@H](NC(=O)[C@H](NC(=O)OCc1ccccc1)C(C)C)C(=O)OC. The number of amides is 2. The van der Waals surface area contributed by atoms with E-state index in [1.165, 1.54) is 7.11 Å². The van der Waals surface area contributed by atoms with Gasteiger partial charge >= 0.3 is 12.1 Å². The van der Waals surface area contributed by atoms with Crippen molar-refractivity contribution in [2.45, 2.75) is 39.0 Å². The second kappa shape index (κ2) is 10.8. The van der Waals surface area contributed by atoms with Crippen LogP contribution in [0.25, 0.3) is 0 Å². The Bertz CT molecular complexity index is 652. The third-order valence-electron chi connectivity index (χ3n) is 3.56. The molecule has 0 aliphatic heterocycles. The highest BCUT2D eigenvalue weighted by Gasteiger charge is 2.29. The standard InChI is InChI=1S/C19H24N2O5/c1-5-9-15(18(23)25-4)20-17(22)16(13(2)3)21-19(24)26-12-14-10-7-6-8-11-14/h1,6-8,10-11,13,15-16H,9,12H2,2-4H3,(H,20,22)(H,21,24)/t15-,16+/m0/s1. The summed E-state index contributed by atoms with van der Waals surface area (Å²) in [5.74, 6) is 0.888. The molecule has 0 saturated carbocycles. The molecule has 0 spiro atoms. The third kappa shape index (κ3) is 6.85. The molecule has 0 saturated heterocycles. The topological polar surface area (TPSA) is 93.7 Å². The fraction of sp³-hybridized carbons (Fsp3) is 0.421. The number of carbonyl (C=O) groups excluding carboxylic acids is 3. The van der Waals surface area contributed by atoms with Gasteiger partial charge in [-0.25, -0.2) is 9.59 Å². The van der Waals surface area contributed by atoms with Crippen LogP contribution in [0.2, 0.25) is 0 Å². The van der Waals surface area contributed by atoms with E-state index >= 15 is 0 Å². The van der Waals surface area contributed by atoms with Gasteiger partial charge in [0.2, 0.25) is 5.91 Å². The van der Waals surface area contributed by atoms with E-state index in [-0.39, 0.29) is 18.9 Å². The molecular weight excluding hydrogens is 336 g/mol. The van der Waals surface area contributed by atoms with Gasteiger partial charge < -0.3 is 20.1 Å². The molecule has 7 heteroatoms. The van der Waals surface area contributed by atoms with Gasteiger partial charge in [-0.15, -0.1) is 12.3 Å². The second-order valence-electron chi connectivity index (χ2n) is 5.92. The smallest absolute Gasteiger partial charge is 0.408 e. The molecule has 0 fully saturated rings. The molecule has 0 radical (unpaired) electrons. The summed E-state index contributed by atoms with van der Waals surface area (Å²) >= 11 is 0. The van der Waals surface area contributed by atoms with Crippen molar-refractivity contribution in [3.05, 3.63) is 35.9 Å². The van der Waals surface area contributed by atoms with Crippen LogP contribution in [0.5, 0.6) is 0 Å². The van der Waals surface area contributed by atoms with Gasteiger partial charge in [-0.3, -0.25) is 4.79 Å². The normalized spacial score (nSPS) is 12.4. The Labute approximate surface area is 153 Å². The number of hydrogen-bond acceptors (Lipinski definition) is 5. The third-order valence-corrected chi connectivity index (χ3v) is 3.56. The average molecular weight is 360 g/mol. The quantitative estimate of drug-likeness (QED) is 0.543. The van der Waals surface area contributed by atoms with Gasteiger partial charge in [-0.1, -0.05) is 44.2 Å². The number of ether oxygens (including phenoxy) is 2. The first-order chi connectivity index (χ1) is 12.4. The van der Waals surface area contributed by atoms with Gasteiger partial charge in [-0.05, 0) is 11.5 Å². The largest absolute Gasteiger partial charge is 0.467 e. The minimum atomic E-state index is -0.971. The molecule has 2 amide bonds. The van der Waals surface area contributed by atoms with Gasteiger partial charge in [-0.2, -0.15) is 0 Å². The molecule has 26 heavy (non-hydrogen) atoms. The van der Waals surface area contributed by atoms with Crippen LogP contribution in [0.15, 0.2) is 30.3 Å². The molecular formula is C19H24N2O5. The lowest BCUT2D eigenvalue weighted by molar-refractivity contribution is -0.145. The van der Waals surface area contributed by atoms with E-state index in [1.54, 1.807) is 13.8 Å². The number of rotatable bonds is 8. The van der Waals surface area contributed by atoms with Crippen molar-refractivity contribution >= 4 is 18.0 Å². The number of nitrogens with one attached hydrogen (secondary N) is 2. The van der Waals surface area contributed by atoms with Crippen molar-refractivity contribution in [2.75, 3.05) is 7.11 Å². The van der Waals surface area contributed by atoms with E-state index in [4.69, 9.17) is 11.2 Å². The van der Waals surface area contributed by atoms with E-state index in [0.717, 1.165) is 5.56 Å². The summed E-state index contributed by atoms with van der Waals surface area (Å²) in [6.45, 7) is 3.60. The van der Waals surface area contributed by atoms with Crippen LogP contribution in [0, 0.1) is 18.3 Å². The molecule has 0 heterocycles. The average Bonchev–Trinajstić information content (AvgIpc) is 2.63. The molecule has 0 aromatic heterocycles. The summed E-state index contributed by atoms with van der Waals surface area (Å²) in [5.41, 5.74) is 0.827. The fourth-order valence-corrected chi connectivity index (χ4v) is 2.14. The highest BCUT2D eigenvalue weighted by atomic mass is 16.5.